The Balaban J connectivity index is 2.87. The van der Waals surface area contributed by atoms with E-state index >= 15 is 0 Å². The summed E-state index contributed by atoms with van der Waals surface area (Å²) in [6.45, 7) is 7.19. The smallest absolute Gasteiger partial charge is 0.348 e. The zero-order chi connectivity index (χ0) is 14.6. The van der Waals surface area contributed by atoms with E-state index in [1.165, 1.54) is 0 Å². The second kappa shape index (κ2) is 6.36. The third kappa shape index (κ3) is 4.81. The van der Waals surface area contributed by atoms with Crippen molar-refractivity contribution in [2.24, 2.45) is 0 Å². The van der Waals surface area contributed by atoms with Crippen LogP contribution in [0.1, 0.15) is 36.0 Å². The summed E-state index contributed by atoms with van der Waals surface area (Å²) in [7, 11) is -3.62. The van der Waals surface area contributed by atoms with Gasteiger partial charge in [0, 0.05) is 6.04 Å². The molecular weight excluding hydrogens is 288 g/mol. The Morgan fingerprint density at radius 1 is 1.47 bits per heavy atom. The van der Waals surface area contributed by atoms with Gasteiger partial charge >= 0.3 is 5.97 Å². The molecule has 8 heteroatoms. The zero-order valence-corrected chi connectivity index (χ0v) is 12.9. The molecule has 0 aliphatic carbocycles. The van der Waals surface area contributed by atoms with E-state index in [-0.39, 0.29) is 12.6 Å². The zero-order valence-electron chi connectivity index (χ0n) is 11.3. The number of hydrogen-bond acceptors (Lipinski definition) is 5. The fraction of sp³-hybridized carbons (Fsp3) is 0.545. The number of carbonyl (C=O) groups excluding carboxylic acids is 1. The van der Waals surface area contributed by atoms with Crippen LogP contribution >= 0.6 is 11.3 Å². The second-order valence-corrected chi connectivity index (χ2v) is 6.72. The Labute approximate surface area is 117 Å². The molecule has 6 nitrogen and oxygen atoms in total. The highest BCUT2D eigenvalue weighted by atomic mass is 32.2. The molecule has 108 valence electrons. The standard InChI is InChI=1S/C11H18N2O4S2/c1-5-17-11(14)10-8(4)6-9(18-10)13-19(15,16)12-7(2)3/h6-7,12-13H,5H2,1-4H3. The SMILES string of the molecule is CCOC(=O)c1sc(NS(=O)(=O)NC(C)C)cc1C. The molecule has 0 unspecified atom stereocenters. The molecule has 0 amide bonds. The molecule has 0 atom stereocenters. The van der Waals surface area contributed by atoms with Gasteiger partial charge in [-0.15, -0.1) is 11.3 Å². The van der Waals surface area contributed by atoms with Crippen molar-refractivity contribution in [2.45, 2.75) is 33.7 Å². The molecule has 0 saturated carbocycles. The van der Waals surface area contributed by atoms with Crippen molar-refractivity contribution in [3.05, 3.63) is 16.5 Å². The average molecular weight is 306 g/mol. The van der Waals surface area contributed by atoms with E-state index < -0.39 is 16.2 Å². The van der Waals surface area contributed by atoms with Gasteiger partial charge in [0.1, 0.15) is 9.88 Å². The third-order valence-electron chi connectivity index (χ3n) is 2.00. The molecule has 1 aromatic heterocycles. The van der Waals surface area contributed by atoms with Crippen molar-refractivity contribution in [1.29, 1.82) is 0 Å². The van der Waals surface area contributed by atoms with Crippen LogP contribution in [0.25, 0.3) is 0 Å². The van der Waals surface area contributed by atoms with Gasteiger partial charge in [-0.2, -0.15) is 13.1 Å². The van der Waals surface area contributed by atoms with Crippen LogP contribution in [0.15, 0.2) is 6.07 Å². The number of hydrogen-bond donors (Lipinski definition) is 2. The van der Waals surface area contributed by atoms with Gasteiger partial charge in [0.05, 0.1) is 6.61 Å². The summed E-state index contributed by atoms with van der Waals surface area (Å²) in [5, 5.41) is 0.383. The van der Waals surface area contributed by atoms with Crippen molar-refractivity contribution in [2.75, 3.05) is 11.3 Å². The lowest BCUT2D eigenvalue weighted by atomic mass is 10.3. The van der Waals surface area contributed by atoms with E-state index in [0.717, 1.165) is 11.3 Å². The normalized spacial score (nSPS) is 11.6. The van der Waals surface area contributed by atoms with Gasteiger partial charge < -0.3 is 4.74 Å². The molecule has 0 radical (unpaired) electrons. The van der Waals surface area contributed by atoms with Gasteiger partial charge in [-0.1, -0.05) is 0 Å². The average Bonchev–Trinajstić information content (AvgIpc) is 2.56. The molecule has 19 heavy (non-hydrogen) atoms. The fourth-order valence-electron chi connectivity index (χ4n) is 1.40. The number of ether oxygens (including phenoxy) is 1. The first-order valence-electron chi connectivity index (χ1n) is 5.82. The van der Waals surface area contributed by atoms with Crippen LogP contribution in [0.3, 0.4) is 0 Å². The van der Waals surface area contributed by atoms with E-state index in [2.05, 4.69) is 9.44 Å². The van der Waals surface area contributed by atoms with Gasteiger partial charge in [-0.05, 0) is 39.3 Å². The van der Waals surface area contributed by atoms with Crippen molar-refractivity contribution in [1.82, 2.24) is 4.72 Å². The van der Waals surface area contributed by atoms with E-state index in [0.29, 0.717) is 15.4 Å². The highest BCUT2D eigenvalue weighted by Gasteiger charge is 2.18. The van der Waals surface area contributed by atoms with Crippen molar-refractivity contribution >= 4 is 32.5 Å². The predicted molar refractivity (Wildman–Crippen MR) is 75.8 cm³/mol. The number of carbonyl (C=O) groups is 1. The minimum absolute atomic E-state index is 0.205. The first kappa shape index (κ1) is 15.9. The molecule has 2 N–H and O–H groups in total. The van der Waals surface area contributed by atoms with E-state index in [9.17, 15) is 13.2 Å². The molecule has 0 aromatic carbocycles. The lowest BCUT2D eigenvalue weighted by Gasteiger charge is -2.09. The summed E-state index contributed by atoms with van der Waals surface area (Å²) in [5.74, 6) is -0.438. The van der Waals surface area contributed by atoms with Crippen LogP contribution in [-0.4, -0.2) is 27.0 Å². The summed E-state index contributed by atoms with van der Waals surface area (Å²) in [4.78, 5) is 12.0. The number of aryl methyl sites for hydroxylation is 1. The summed E-state index contributed by atoms with van der Waals surface area (Å²) in [5.41, 5.74) is 0.686. The van der Waals surface area contributed by atoms with Gasteiger partial charge in [-0.3, -0.25) is 4.72 Å². The van der Waals surface area contributed by atoms with Crippen molar-refractivity contribution < 1.29 is 17.9 Å². The number of nitrogens with one attached hydrogen (secondary N) is 2. The monoisotopic (exact) mass is 306 g/mol. The molecule has 1 aromatic rings. The molecule has 1 rings (SSSR count). The molecule has 0 fully saturated rings. The second-order valence-electron chi connectivity index (χ2n) is 4.22. The molecular formula is C11H18N2O4S2. The predicted octanol–water partition coefficient (Wildman–Crippen LogP) is 1.89. The van der Waals surface area contributed by atoms with Crippen molar-refractivity contribution in [3.8, 4) is 0 Å². The van der Waals surface area contributed by atoms with Crippen LogP contribution < -0.4 is 9.44 Å². The van der Waals surface area contributed by atoms with Crippen LogP contribution in [0.2, 0.25) is 0 Å². The Morgan fingerprint density at radius 2 is 2.11 bits per heavy atom. The van der Waals surface area contributed by atoms with E-state index in [1.807, 2.05) is 0 Å². The maximum Gasteiger partial charge on any atom is 0.348 e. The highest BCUT2D eigenvalue weighted by Crippen LogP contribution is 2.27. The number of thiophene rings is 1. The number of rotatable bonds is 6. The minimum atomic E-state index is -3.62. The van der Waals surface area contributed by atoms with Crippen LogP contribution in [0.4, 0.5) is 5.00 Å². The van der Waals surface area contributed by atoms with Gasteiger partial charge in [0.15, 0.2) is 0 Å². The summed E-state index contributed by atoms with van der Waals surface area (Å²) in [6.07, 6.45) is 0. The Hall–Kier alpha value is -1.12. The van der Waals surface area contributed by atoms with Gasteiger partial charge in [0.25, 0.3) is 10.2 Å². The molecule has 0 spiro atoms. The Bertz CT molecular complexity index is 549. The summed E-state index contributed by atoms with van der Waals surface area (Å²) in [6, 6.07) is 1.40. The summed E-state index contributed by atoms with van der Waals surface area (Å²) < 4.78 is 33.1. The molecule has 0 aliphatic heterocycles. The molecule has 0 aliphatic rings. The number of esters is 1. The maximum atomic E-state index is 11.7. The Kier molecular flexibility index (Phi) is 5.33. The molecule has 0 saturated heterocycles. The minimum Gasteiger partial charge on any atom is -0.462 e. The van der Waals surface area contributed by atoms with Gasteiger partial charge in [0.2, 0.25) is 0 Å². The quantitative estimate of drug-likeness (QED) is 0.786. The van der Waals surface area contributed by atoms with Crippen LogP contribution in [0, 0.1) is 6.92 Å². The number of anilines is 1. The largest absolute Gasteiger partial charge is 0.462 e. The molecule has 1 heterocycles. The third-order valence-corrected chi connectivity index (χ3v) is 4.54. The van der Waals surface area contributed by atoms with E-state index in [4.69, 9.17) is 4.74 Å². The fourth-order valence-corrected chi connectivity index (χ4v) is 3.72. The maximum absolute atomic E-state index is 11.7. The topological polar surface area (TPSA) is 84.5 Å². The Morgan fingerprint density at radius 3 is 2.63 bits per heavy atom. The van der Waals surface area contributed by atoms with Crippen molar-refractivity contribution in [3.63, 3.8) is 0 Å². The molecule has 0 bridgehead atoms. The lowest BCUT2D eigenvalue weighted by molar-refractivity contribution is 0.0531. The van der Waals surface area contributed by atoms with E-state index in [1.54, 1.807) is 33.8 Å². The lowest BCUT2D eigenvalue weighted by Crippen LogP contribution is -2.34. The first-order valence-corrected chi connectivity index (χ1v) is 8.12. The summed E-state index contributed by atoms with van der Waals surface area (Å²) >= 11 is 1.06. The van der Waals surface area contributed by atoms with Crippen LogP contribution in [0.5, 0.6) is 0 Å². The van der Waals surface area contributed by atoms with Gasteiger partial charge in [-0.25, -0.2) is 4.79 Å². The highest BCUT2D eigenvalue weighted by molar-refractivity contribution is 7.91. The van der Waals surface area contributed by atoms with Crippen LogP contribution in [-0.2, 0) is 14.9 Å². The first-order chi connectivity index (χ1) is 8.75.